The summed E-state index contributed by atoms with van der Waals surface area (Å²) < 4.78 is 12.1. The predicted octanol–water partition coefficient (Wildman–Crippen LogP) is 0.906. The monoisotopic (exact) mass is 448 g/mol. The minimum Gasteiger partial charge on any atom is -0.460 e. The number of benzene rings is 1. The molecule has 5 N–H and O–H groups in total. The molecule has 1 aromatic heterocycles. The second-order valence-electron chi connectivity index (χ2n) is 6.02. The van der Waals surface area contributed by atoms with Crippen LogP contribution in [0.5, 0.6) is 5.75 Å². The Morgan fingerprint density at radius 3 is 2.81 bits per heavy atom. The SMILES string of the molecule is CC(=O)N[C@H]1C(Oc2c[nH]c3cc(Cl)c(Br)cc23)O[C@H](CO)[C@@H](O)[C@@H]1O. The van der Waals surface area contributed by atoms with Crippen molar-refractivity contribution in [2.75, 3.05) is 6.61 Å². The Morgan fingerprint density at radius 1 is 1.42 bits per heavy atom. The molecule has 1 aliphatic rings. The highest BCUT2D eigenvalue weighted by molar-refractivity contribution is 9.10. The highest BCUT2D eigenvalue weighted by Crippen LogP contribution is 2.34. The lowest BCUT2D eigenvalue weighted by Gasteiger charge is -2.41. The first-order valence-corrected chi connectivity index (χ1v) is 9.01. The van der Waals surface area contributed by atoms with Gasteiger partial charge >= 0.3 is 0 Å². The zero-order valence-electron chi connectivity index (χ0n) is 13.6. The van der Waals surface area contributed by atoms with Gasteiger partial charge in [0, 0.05) is 23.0 Å². The molecular weight excluding hydrogens is 432 g/mol. The topological polar surface area (TPSA) is 124 Å². The third-order valence-electron chi connectivity index (χ3n) is 4.18. The highest BCUT2D eigenvalue weighted by atomic mass is 79.9. The Kier molecular flexibility index (Phi) is 5.75. The second-order valence-corrected chi connectivity index (χ2v) is 7.28. The van der Waals surface area contributed by atoms with Crippen molar-refractivity contribution in [1.29, 1.82) is 0 Å². The first-order valence-electron chi connectivity index (χ1n) is 7.84. The molecule has 1 aliphatic heterocycles. The molecule has 0 aliphatic carbocycles. The van der Waals surface area contributed by atoms with E-state index in [9.17, 15) is 20.1 Å². The van der Waals surface area contributed by atoms with Crippen LogP contribution in [0.1, 0.15) is 6.92 Å². The van der Waals surface area contributed by atoms with E-state index in [4.69, 9.17) is 21.1 Å². The fourth-order valence-electron chi connectivity index (χ4n) is 2.88. The van der Waals surface area contributed by atoms with Crippen LogP contribution in [0.2, 0.25) is 5.02 Å². The molecule has 0 spiro atoms. The summed E-state index contributed by atoms with van der Waals surface area (Å²) in [5.41, 5.74) is 0.722. The zero-order valence-corrected chi connectivity index (χ0v) is 16.0. The third kappa shape index (κ3) is 3.68. The molecule has 0 saturated carbocycles. The van der Waals surface area contributed by atoms with Gasteiger partial charge in [0.15, 0.2) is 0 Å². The van der Waals surface area contributed by atoms with Gasteiger partial charge in [0.2, 0.25) is 12.2 Å². The summed E-state index contributed by atoms with van der Waals surface area (Å²) >= 11 is 9.42. The molecule has 1 aromatic carbocycles. The van der Waals surface area contributed by atoms with Crippen molar-refractivity contribution in [2.24, 2.45) is 0 Å². The van der Waals surface area contributed by atoms with Crippen molar-refractivity contribution in [3.63, 3.8) is 0 Å². The summed E-state index contributed by atoms with van der Waals surface area (Å²) in [5, 5.41) is 33.5. The number of carbonyl (C=O) groups is 1. The van der Waals surface area contributed by atoms with Crippen molar-refractivity contribution >= 4 is 44.3 Å². The van der Waals surface area contributed by atoms with Gasteiger partial charge in [0.05, 0.1) is 17.1 Å². The van der Waals surface area contributed by atoms with Crippen LogP contribution in [0.4, 0.5) is 0 Å². The maximum absolute atomic E-state index is 11.5. The van der Waals surface area contributed by atoms with Gasteiger partial charge in [0.1, 0.15) is 30.1 Å². The van der Waals surface area contributed by atoms with Crippen LogP contribution in [0, 0.1) is 0 Å². The summed E-state index contributed by atoms with van der Waals surface area (Å²) in [6.07, 6.45) is -3.32. The van der Waals surface area contributed by atoms with E-state index < -0.39 is 43.2 Å². The smallest absolute Gasteiger partial charge is 0.223 e. The summed E-state index contributed by atoms with van der Waals surface area (Å²) in [6, 6.07) is 2.45. The first-order chi connectivity index (χ1) is 12.3. The van der Waals surface area contributed by atoms with Gasteiger partial charge in [-0.25, -0.2) is 0 Å². The number of aromatic amines is 1. The fraction of sp³-hybridized carbons (Fsp3) is 0.438. The summed E-state index contributed by atoms with van der Waals surface area (Å²) in [5.74, 6) is -0.0210. The summed E-state index contributed by atoms with van der Waals surface area (Å²) in [4.78, 5) is 14.5. The van der Waals surface area contributed by atoms with Crippen molar-refractivity contribution in [2.45, 2.75) is 37.6 Å². The molecule has 0 bridgehead atoms. The second kappa shape index (κ2) is 7.71. The Morgan fingerprint density at radius 2 is 2.15 bits per heavy atom. The number of nitrogens with one attached hydrogen (secondary N) is 2. The maximum atomic E-state index is 11.5. The van der Waals surface area contributed by atoms with Crippen LogP contribution in [-0.2, 0) is 9.53 Å². The number of carbonyl (C=O) groups excluding carboxylic acids is 1. The molecule has 1 saturated heterocycles. The van der Waals surface area contributed by atoms with Gasteiger partial charge in [-0.05, 0) is 28.1 Å². The van der Waals surface area contributed by atoms with E-state index in [0.29, 0.717) is 20.6 Å². The van der Waals surface area contributed by atoms with E-state index in [0.717, 1.165) is 5.52 Å². The normalized spacial score (nSPS) is 28.9. The largest absolute Gasteiger partial charge is 0.460 e. The quantitative estimate of drug-likeness (QED) is 0.473. The molecule has 0 radical (unpaired) electrons. The van der Waals surface area contributed by atoms with Crippen LogP contribution in [0.15, 0.2) is 22.8 Å². The minimum atomic E-state index is -1.37. The average molecular weight is 450 g/mol. The molecule has 10 heteroatoms. The standard InChI is InChI=1S/C16H18BrClN2O6/c1-6(22)20-13-15(24)14(23)12(5-21)26-16(13)25-11-4-19-10-3-9(18)8(17)2-7(10)11/h2-4,12-16,19,21,23-24H,5H2,1H3,(H,20,22)/t12-,13-,14-,15-,16?/m1/s1. The van der Waals surface area contributed by atoms with Crippen molar-refractivity contribution in [3.8, 4) is 5.75 Å². The molecule has 3 rings (SSSR count). The number of hydrogen-bond acceptors (Lipinski definition) is 6. The van der Waals surface area contributed by atoms with E-state index in [1.54, 1.807) is 18.3 Å². The number of ether oxygens (including phenoxy) is 2. The number of amides is 1. The zero-order chi connectivity index (χ0) is 19.0. The van der Waals surface area contributed by atoms with Crippen LogP contribution in [0.25, 0.3) is 10.9 Å². The van der Waals surface area contributed by atoms with Gasteiger partial charge < -0.3 is 35.1 Å². The first kappa shape index (κ1) is 19.4. The molecule has 26 heavy (non-hydrogen) atoms. The van der Waals surface area contributed by atoms with Gasteiger partial charge in [-0.2, -0.15) is 0 Å². The number of aromatic nitrogens is 1. The van der Waals surface area contributed by atoms with Crippen molar-refractivity contribution < 1.29 is 29.6 Å². The molecule has 142 valence electrons. The number of hydrogen-bond donors (Lipinski definition) is 5. The van der Waals surface area contributed by atoms with Gasteiger partial charge in [-0.15, -0.1) is 0 Å². The van der Waals surface area contributed by atoms with E-state index in [1.165, 1.54) is 6.92 Å². The number of fused-ring (bicyclic) bond motifs is 1. The van der Waals surface area contributed by atoms with Crippen molar-refractivity contribution in [1.82, 2.24) is 10.3 Å². The molecule has 8 nitrogen and oxygen atoms in total. The lowest BCUT2D eigenvalue weighted by Crippen LogP contribution is -2.65. The minimum absolute atomic E-state index is 0.401. The molecule has 2 aromatic rings. The maximum Gasteiger partial charge on any atom is 0.223 e. The fourth-order valence-corrected chi connectivity index (χ4v) is 3.39. The Labute approximate surface area is 162 Å². The van der Waals surface area contributed by atoms with Gasteiger partial charge in [-0.3, -0.25) is 4.79 Å². The van der Waals surface area contributed by atoms with E-state index >= 15 is 0 Å². The molecule has 1 fully saturated rings. The summed E-state index contributed by atoms with van der Waals surface area (Å²) in [7, 11) is 0. The van der Waals surface area contributed by atoms with Crippen LogP contribution in [0.3, 0.4) is 0 Å². The van der Waals surface area contributed by atoms with E-state index in [2.05, 4.69) is 26.2 Å². The van der Waals surface area contributed by atoms with Crippen LogP contribution in [-0.4, -0.2) is 63.5 Å². The highest BCUT2D eigenvalue weighted by Gasteiger charge is 2.46. The average Bonchev–Trinajstić information content (AvgIpc) is 2.96. The Bertz CT molecular complexity index is 815. The third-order valence-corrected chi connectivity index (χ3v) is 5.38. The molecule has 1 unspecified atom stereocenters. The molecule has 1 amide bonds. The van der Waals surface area contributed by atoms with Crippen LogP contribution >= 0.6 is 27.5 Å². The Hall–Kier alpha value is -1.36. The predicted molar refractivity (Wildman–Crippen MR) is 97.0 cm³/mol. The molecular formula is C16H18BrClN2O6. The summed E-state index contributed by atoms with van der Waals surface area (Å²) in [6.45, 7) is 0.763. The van der Waals surface area contributed by atoms with Crippen LogP contribution < -0.4 is 10.1 Å². The molecule has 5 atom stereocenters. The number of H-pyrrole nitrogens is 1. The number of aliphatic hydroxyl groups is 3. The van der Waals surface area contributed by atoms with E-state index in [1.807, 2.05) is 0 Å². The van der Waals surface area contributed by atoms with Crippen molar-refractivity contribution in [3.05, 3.63) is 27.8 Å². The van der Waals surface area contributed by atoms with Gasteiger partial charge in [-0.1, -0.05) is 11.6 Å². The lowest BCUT2D eigenvalue weighted by molar-refractivity contribution is -0.244. The Balaban J connectivity index is 1.92. The number of rotatable bonds is 4. The number of halogens is 2. The van der Waals surface area contributed by atoms with Gasteiger partial charge in [0.25, 0.3) is 0 Å². The van der Waals surface area contributed by atoms with E-state index in [-0.39, 0.29) is 0 Å². The number of aliphatic hydroxyl groups excluding tert-OH is 3. The molecule has 2 heterocycles. The lowest BCUT2D eigenvalue weighted by atomic mass is 9.97.